The Morgan fingerprint density at radius 1 is 1.29 bits per heavy atom. The van der Waals surface area contributed by atoms with Crippen molar-refractivity contribution in [2.45, 2.75) is 44.3 Å². The molecule has 2 heterocycles. The first-order valence-electron chi connectivity index (χ1n) is 6.89. The van der Waals surface area contributed by atoms with Crippen molar-refractivity contribution in [1.29, 1.82) is 0 Å². The lowest BCUT2D eigenvalue weighted by Crippen LogP contribution is -2.46. The van der Waals surface area contributed by atoms with Gasteiger partial charge in [-0.05, 0) is 25.8 Å². The molecule has 1 unspecified atom stereocenters. The standard InChI is InChI=1S/C13H25NO3/c1-2-14-6-10-16-12-3-7-17-13(11-12)4-8-15-9-5-13/h12,14H,2-11H2,1H3. The Morgan fingerprint density at radius 3 is 2.88 bits per heavy atom. The first kappa shape index (κ1) is 13.3. The minimum atomic E-state index is 0.0549. The molecule has 100 valence electrons. The van der Waals surface area contributed by atoms with Crippen LogP contribution in [0, 0.1) is 0 Å². The van der Waals surface area contributed by atoms with Gasteiger partial charge in [0.2, 0.25) is 0 Å². The van der Waals surface area contributed by atoms with Crippen LogP contribution in [0.15, 0.2) is 0 Å². The molecule has 0 radical (unpaired) electrons. The van der Waals surface area contributed by atoms with Crippen LogP contribution >= 0.6 is 0 Å². The van der Waals surface area contributed by atoms with E-state index in [1.165, 1.54) is 0 Å². The van der Waals surface area contributed by atoms with Gasteiger partial charge in [0.25, 0.3) is 0 Å². The predicted molar refractivity (Wildman–Crippen MR) is 66.3 cm³/mol. The van der Waals surface area contributed by atoms with Crippen LogP contribution in [-0.2, 0) is 14.2 Å². The van der Waals surface area contributed by atoms with Crippen LogP contribution in [-0.4, -0.2) is 51.2 Å². The molecule has 0 aliphatic carbocycles. The van der Waals surface area contributed by atoms with Crippen LogP contribution in [0.5, 0.6) is 0 Å². The highest BCUT2D eigenvalue weighted by molar-refractivity contribution is 4.89. The molecule has 4 heteroatoms. The number of rotatable bonds is 5. The molecular formula is C13H25NO3. The molecule has 0 aromatic rings. The van der Waals surface area contributed by atoms with Gasteiger partial charge in [0, 0.05) is 32.8 Å². The molecule has 2 aliphatic rings. The van der Waals surface area contributed by atoms with Gasteiger partial charge < -0.3 is 19.5 Å². The molecule has 0 amide bonds. The van der Waals surface area contributed by atoms with E-state index >= 15 is 0 Å². The molecule has 2 fully saturated rings. The summed E-state index contributed by atoms with van der Waals surface area (Å²) >= 11 is 0. The fourth-order valence-corrected chi connectivity index (χ4v) is 2.69. The van der Waals surface area contributed by atoms with E-state index in [0.717, 1.165) is 65.2 Å². The van der Waals surface area contributed by atoms with E-state index in [1.807, 2.05) is 0 Å². The van der Waals surface area contributed by atoms with Crippen LogP contribution in [0.2, 0.25) is 0 Å². The summed E-state index contributed by atoms with van der Waals surface area (Å²) in [5.41, 5.74) is 0.0549. The van der Waals surface area contributed by atoms with Crippen LogP contribution in [0.1, 0.15) is 32.6 Å². The second kappa shape index (κ2) is 6.69. The first-order chi connectivity index (χ1) is 8.35. The SMILES string of the molecule is CCNCCOC1CCOC2(CCOCC2)C1. The van der Waals surface area contributed by atoms with E-state index in [9.17, 15) is 0 Å². The van der Waals surface area contributed by atoms with E-state index in [4.69, 9.17) is 14.2 Å². The summed E-state index contributed by atoms with van der Waals surface area (Å²) in [5, 5.41) is 3.28. The largest absolute Gasteiger partial charge is 0.381 e. The van der Waals surface area contributed by atoms with Crippen molar-refractivity contribution in [1.82, 2.24) is 5.32 Å². The van der Waals surface area contributed by atoms with Gasteiger partial charge in [-0.1, -0.05) is 6.92 Å². The Balaban J connectivity index is 1.72. The highest BCUT2D eigenvalue weighted by Crippen LogP contribution is 2.35. The van der Waals surface area contributed by atoms with Gasteiger partial charge in [0.1, 0.15) is 0 Å². The summed E-state index contributed by atoms with van der Waals surface area (Å²) in [6, 6.07) is 0. The summed E-state index contributed by atoms with van der Waals surface area (Å²) in [4.78, 5) is 0. The Morgan fingerprint density at radius 2 is 2.12 bits per heavy atom. The molecule has 1 spiro atoms. The number of ether oxygens (including phenoxy) is 3. The van der Waals surface area contributed by atoms with Gasteiger partial charge in [-0.2, -0.15) is 0 Å². The highest BCUT2D eigenvalue weighted by atomic mass is 16.5. The minimum absolute atomic E-state index is 0.0549. The predicted octanol–water partition coefficient (Wildman–Crippen LogP) is 1.34. The number of hydrogen-bond donors (Lipinski definition) is 1. The lowest BCUT2D eigenvalue weighted by molar-refractivity contribution is -0.169. The minimum Gasteiger partial charge on any atom is -0.381 e. The molecule has 17 heavy (non-hydrogen) atoms. The number of likely N-dealkylation sites (N-methyl/N-ethyl adjacent to an activating group) is 1. The monoisotopic (exact) mass is 243 g/mol. The molecule has 0 bridgehead atoms. The van der Waals surface area contributed by atoms with Gasteiger partial charge >= 0.3 is 0 Å². The quantitative estimate of drug-likeness (QED) is 0.740. The average Bonchev–Trinajstić information content (AvgIpc) is 2.36. The average molecular weight is 243 g/mol. The zero-order chi connectivity index (χ0) is 12.0. The fourth-order valence-electron chi connectivity index (χ4n) is 2.69. The second-order valence-electron chi connectivity index (χ2n) is 4.98. The van der Waals surface area contributed by atoms with Crippen molar-refractivity contribution in [3.05, 3.63) is 0 Å². The van der Waals surface area contributed by atoms with Gasteiger partial charge in [0.15, 0.2) is 0 Å². The topological polar surface area (TPSA) is 39.7 Å². The third-order valence-corrected chi connectivity index (χ3v) is 3.73. The van der Waals surface area contributed by atoms with Crippen molar-refractivity contribution < 1.29 is 14.2 Å². The highest BCUT2D eigenvalue weighted by Gasteiger charge is 2.39. The zero-order valence-electron chi connectivity index (χ0n) is 10.9. The Bertz CT molecular complexity index is 211. The molecule has 0 aromatic heterocycles. The second-order valence-corrected chi connectivity index (χ2v) is 4.98. The van der Waals surface area contributed by atoms with Crippen LogP contribution in [0.3, 0.4) is 0 Å². The van der Waals surface area contributed by atoms with Crippen molar-refractivity contribution in [3.8, 4) is 0 Å². The normalized spacial score (nSPS) is 28.4. The van der Waals surface area contributed by atoms with Crippen molar-refractivity contribution in [3.63, 3.8) is 0 Å². The molecule has 2 aliphatic heterocycles. The lowest BCUT2D eigenvalue weighted by Gasteiger charge is -2.43. The lowest BCUT2D eigenvalue weighted by atomic mass is 9.85. The third kappa shape index (κ3) is 3.91. The fraction of sp³-hybridized carbons (Fsp3) is 1.00. The maximum Gasteiger partial charge on any atom is 0.0751 e. The van der Waals surface area contributed by atoms with E-state index in [-0.39, 0.29) is 5.60 Å². The van der Waals surface area contributed by atoms with Crippen LogP contribution in [0.25, 0.3) is 0 Å². The Hall–Kier alpha value is -0.160. The summed E-state index contributed by atoms with van der Waals surface area (Å²) in [6.07, 6.45) is 4.51. The maximum atomic E-state index is 5.99. The molecule has 0 saturated carbocycles. The van der Waals surface area contributed by atoms with Crippen molar-refractivity contribution in [2.75, 3.05) is 39.5 Å². The molecule has 1 N–H and O–H groups in total. The van der Waals surface area contributed by atoms with Crippen LogP contribution < -0.4 is 5.32 Å². The van der Waals surface area contributed by atoms with E-state index < -0.39 is 0 Å². The molecule has 2 saturated heterocycles. The summed E-state index contributed by atoms with van der Waals surface area (Å²) in [5.74, 6) is 0. The van der Waals surface area contributed by atoms with Crippen molar-refractivity contribution >= 4 is 0 Å². The smallest absolute Gasteiger partial charge is 0.0751 e. The summed E-state index contributed by atoms with van der Waals surface area (Å²) in [6.45, 7) is 7.40. The van der Waals surface area contributed by atoms with Crippen molar-refractivity contribution in [2.24, 2.45) is 0 Å². The molecular weight excluding hydrogens is 218 g/mol. The summed E-state index contributed by atoms with van der Waals surface area (Å²) < 4.78 is 17.3. The van der Waals surface area contributed by atoms with Gasteiger partial charge in [-0.15, -0.1) is 0 Å². The third-order valence-electron chi connectivity index (χ3n) is 3.73. The number of hydrogen-bond acceptors (Lipinski definition) is 4. The molecule has 0 aromatic carbocycles. The van der Waals surface area contributed by atoms with Gasteiger partial charge in [0.05, 0.1) is 18.3 Å². The van der Waals surface area contributed by atoms with Gasteiger partial charge in [-0.25, -0.2) is 0 Å². The maximum absolute atomic E-state index is 5.99. The molecule has 4 nitrogen and oxygen atoms in total. The van der Waals surface area contributed by atoms with Gasteiger partial charge in [-0.3, -0.25) is 0 Å². The number of nitrogens with one attached hydrogen (secondary N) is 1. The Labute approximate surface area is 104 Å². The molecule has 2 rings (SSSR count). The molecule has 1 atom stereocenters. The van der Waals surface area contributed by atoms with E-state index in [2.05, 4.69) is 12.2 Å². The van der Waals surface area contributed by atoms with E-state index in [1.54, 1.807) is 0 Å². The van der Waals surface area contributed by atoms with E-state index in [0.29, 0.717) is 6.10 Å². The summed E-state index contributed by atoms with van der Waals surface area (Å²) in [7, 11) is 0. The van der Waals surface area contributed by atoms with Crippen LogP contribution in [0.4, 0.5) is 0 Å². The zero-order valence-corrected chi connectivity index (χ0v) is 10.9. The first-order valence-corrected chi connectivity index (χ1v) is 6.89. The Kier molecular flexibility index (Phi) is 5.22.